The van der Waals surface area contributed by atoms with Crippen LogP contribution in [-0.4, -0.2) is 30.7 Å². The number of hydrogen-bond acceptors (Lipinski definition) is 6. The maximum absolute atomic E-state index is 12.8. The fraction of sp³-hybridized carbons (Fsp3) is 0.250. The van der Waals surface area contributed by atoms with Crippen molar-refractivity contribution >= 4 is 11.6 Å². The molecule has 1 amide bonds. The molecule has 2 aromatic carbocycles. The molecule has 1 aromatic heterocycles. The van der Waals surface area contributed by atoms with Gasteiger partial charge in [0.15, 0.2) is 23.0 Å². The summed E-state index contributed by atoms with van der Waals surface area (Å²) in [7, 11) is 0. The number of amides is 1. The van der Waals surface area contributed by atoms with E-state index in [2.05, 4.69) is 10.3 Å². The summed E-state index contributed by atoms with van der Waals surface area (Å²) in [6.07, 6.45) is 4.29. The van der Waals surface area contributed by atoms with Crippen molar-refractivity contribution in [2.75, 3.05) is 25.1 Å². The molecule has 7 nitrogen and oxygen atoms in total. The number of nitrogens with zero attached hydrogens (tertiary/aromatic N) is 1. The van der Waals surface area contributed by atoms with Gasteiger partial charge in [-0.05, 0) is 43.3 Å². The van der Waals surface area contributed by atoms with E-state index in [1.165, 1.54) is 0 Å². The Balaban J connectivity index is 1.47. The average Bonchev–Trinajstić information content (AvgIpc) is 3.04. The van der Waals surface area contributed by atoms with Crippen LogP contribution in [0.3, 0.4) is 0 Å². The minimum Gasteiger partial charge on any atom is -0.490 e. The van der Waals surface area contributed by atoms with Crippen LogP contribution in [0.15, 0.2) is 60.9 Å². The number of rotatable bonds is 7. The molecular weight excluding hydrogens is 396 g/mol. The molecule has 0 radical (unpaired) electrons. The first kappa shape index (κ1) is 20.5. The Morgan fingerprint density at radius 2 is 1.90 bits per heavy atom. The van der Waals surface area contributed by atoms with Crippen molar-refractivity contribution in [1.29, 1.82) is 0 Å². The maximum Gasteiger partial charge on any atom is 0.255 e. The molecule has 0 saturated carbocycles. The van der Waals surface area contributed by atoms with Crippen molar-refractivity contribution in [2.24, 2.45) is 0 Å². The largest absolute Gasteiger partial charge is 0.490 e. The number of benzene rings is 2. The van der Waals surface area contributed by atoms with Crippen LogP contribution < -0.4 is 24.3 Å². The SMILES string of the molecule is CCOc1cc(C(=O)Nc2ccc3c(c2)OCCCO3)ccc1OCc1cccnc1. The highest BCUT2D eigenvalue weighted by Crippen LogP contribution is 2.33. The highest BCUT2D eigenvalue weighted by molar-refractivity contribution is 6.04. The molecule has 1 aliphatic heterocycles. The molecule has 160 valence electrons. The third kappa shape index (κ3) is 5.25. The molecule has 4 rings (SSSR count). The second-order valence-electron chi connectivity index (χ2n) is 6.91. The van der Waals surface area contributed by atoms with Crippen LogP contribution in [0.5, 0.6) is 23.0 Å². The van der Waals surface area contributed by atoms with Crippen molar-refractivity contribution < 1.29 is 23.7 Å². The molecule has 2 heterocycles. The van der Waals surface area contributed by atoms with Gasteiger partial charge in [-0.15, -0.1) is 0 Å². The zero-order valence-corrected chi connectivity index (χ0v) is 17.3. The Labute approximate surface area is 180 Å². The van der Waals surface area contributed by atoms with E-state index in [0.717, 1.165) is 12.0 Å². The van der Waals surface area contributed by atoms with Gasteiger partial charge in [-0.2, -0.15) is 0 Å². The van der Waals surface area contributed by atoms with E-state index in [9.17, 15) is 4.79 Å². The third-order valence-electron chi connectivity index (χ3n) is 4.63. The minimum atomic E-state index is -0.255. The van der Waals surface area contributed by atoms with Crippen LogP contribution in [-0.2, 0) is 6.61 Å². The minimum absolute atomic E-state index is 0.255. The normalized spacial score (nSPS) is 12.5. The molecule has 0 saturated heterocycles. The molecule has 0 fully saturated rings. The van der Waals surface area contributed by atoms with E-state index in [-0.39, 0.29) is 5.91 Å². The molecule has 0 bridgehead atoms. The number of fused-ring (bicyclic) bond motifs is 1. The lowest BCUT2D eigenvalue weighted by Crippen LogP contribution is -2.12. The van der Waals surface area contributed by atoms with Crippen LogP contribution in [0.4, 0.5) is 5.69 Å². The van der Waals surface area contributed by atoms with Gasteiger partial charge in [0, 0.05) is 41.7 Å². The first-order valence-corrected chi connectivity index (χ1v) is 10.2. The molecule has 1 aliphatic rings. The van der Waals surface area contributed by atoms with E-state index in [1.54, 1.807) is 48.8 Å². The monoisotopic (exact) mass is 420 g/mol. The highest BCUT2D eigenvalue weighted by Gasteiger charge is 2.15. The molecule has 0 unspecified atom stereocenters. The molecule has 0 atom stereocenters. The van der Waals surface area contributed by atoms with Crippen LogP contribution >= 0.6 is 0 Å². The smallest absolute Gasteiger partial charge is 0.255 e. The zero-order chi connectivity index (χ0) is 21.5. The predicted octanol–water partition coefficient (Wildman–Crippen LogP) is 4.47. The quantitative estimate of drug-likeness (QED) is 0.607. The average molecular weight is 420 g/mol. The number of carbonyl (C=O) groups is 1. The highest BCUT2D eigenvalue weighted by atomic mass is 16.5. The van der Waals surface area contributed by atoms with Crippen molar-refractivity contribution in [3.63, 3.8) is 0 Å². The van der Waals surface area contributed by atoms with Crippen molar-refractivity contribution in [3.8, 4) is 23.0 Å². The standard InChI is InChI=1S/C24H24N2O5/c1-2-28-22-13-18(6-8-21(22)31-16-17-5-3-10-25-15-17)24(27)26-19-7-9-20-23(14-19)30-12-4-11-29-20/h3,5-10,13-15H,2,4,11-12,16H2,1H3,(H,26,27). The van der Waals surface area contributed by atoms with Gasteiger partial charge in [0.05, 0.1) is 19.8 Å². The summed E-state index contributed by atoms with van der Waals surface area (Å²) in [5.41, 5.74) is 2.04. The van der Waals surface area contributed by atoms with E-state index in [0.29, 0.717) is 60.7 Å². The fourth-order valence-electron chi connectivity index (χ4n) is 3.13. The number of ether oxygens (including phenoxy) is 4. The number of hydrogen-bond donors (Lipinski definition) is 1. The summed E-state index contributed by atoms with van der Waals surface area (Å²) in [6, 6.07) is 14.3. The van der Waals surface area contributed by atoms with E-state index in [4.69, 9.17) is 18.9 Å². The van der Waals surface area contributed by atoms with Crippen LogP contribution in [0.2, 0.25) is 0 Å². The number of carbonyl (C=O) groups excluding carboxylic acids is 1. The van der Waals surface area contributed by atoms with Crippen LogP contribution in [0, 0.1) is 0 Å². The summed E-state index contributed by atoms with van der Waals surface area (Å²) >= 11 is 0. The Morgan fingerprint density at radius 1 is 1.03 bits per heavy atom. The number of anilines is 1. The van der Waals surface area contributed by atoms with Gasteiger partial charge in [-0.1, -0.05) is 6.07 Å². The topological polar surface area (TPSA) is 78.9 Å². The Kier molecular flexibility index (Phi) is 6.52. The summed E-state index contributed by atoms with van der Waals surface area (Å²) in [5, 5.41) is 2.90. The van der Waals surface area contributed by atoms with E-state index < -0.39 is 0 Å². The van der Waals surface area contributed by atoms with Gasteiger partial charge in [-0.3, -0.25) is 9.78 Å². The fourth-order valence-corrected chi connectivity index (χ4v) is 3.13. The van der Waals surface area contributed by atoms with E-state index in [1.807, 2.05) is 19.1 Å². The molecule has 1 N–H and O–H groups in total. The maximum atomic E-state index is 12.8. The lowest BCUT2D eigenvalue weighted by molar-refractivity contribution is 0.102. The molecule has 3 aromatic rings. The molecular formula is C24H24N2O5. The molecule has 0 aliphatic carbocycles. The third-order valence-corrected chi connectivity index (χ3v) is 4.63. The second-order valence-corrected chi connectivity index (χ2v) is 6.91. The van der Waals surface area contributed by atoms with Gasteiger partial charge in [-0.25, -0.2) is 0 Å². The van der Waals surface area contributed by atoms with Crippen molar-refractivity contribution in [3.05, 3.63) is 72.1 Å². The number of nitrogens with one attached hydrogen (secondary N) is 1. The number of aromatic nitrogens is 1. The Hall–Kier alpha value is -3.74. The van der Waals surface area contributed by atoms with Crippen molar-refractivity contribution in [2.45, 2.75) is 20.0 Å². The predicted molar refractivity (Wildman–Crippen MR) is 116 cm³/mol. The number of pyridine rings is 1. The first-order chi connectivity index (χ1) is 15.2. The van der Waals surface area contributed by atoms with Gasteiger partial charge in [0.2, 0.25) is 0 Å². The molecule has 31 heavy (non-hydrogen) atoms. The lowest BCUT2D eigenvalue weighted by atomic mass is 10.1. The zero-order valence-electron chi connectivity index (χ0n) is 17.3. The summed E-state index contributed by atoms with van der Waals surface area (Å²) < 4.78 is 22.9. The van der Waals surface area contributed by atoms with Gasteiger partial charge >= 0.3 is 0 Å². The molecule has 0 spiro atoms. The van der Waals surface area contributed by atoms with Crippen LogP contribution in [0.25, 0.3) is 0 Å². The lowest BCUT2D eigenvalue weighted by Gasteiger charge is -2.14. The Bertz CT molecular complexity index is 1040. The van der Waals surface area contributed by atoms with Crippen LogP contribution in [0.1, 0.15) is 29.3 Å². The van der Waals surface area contributed by atoms with Crippen molar-refractivity contribution in [1.82, 2.24) is 4.98 Å². The molecule has 7 heteroatoms. The summed E-state index contributed by atoms with van der Waals surface area (Å²) in [4.78, 5) is 16.9. The summed E-state index contributed by atoms with van der Waals surface area (Å²) in [5.74, 6) is 2.14. The Morgan fingerprint density at radius 3 is 2.71 bits per heavy atom. The second kappa shape index (κ2) is 9.84. The van der Waals surface area contributed by atoms with Gasteiger partial charge in [0.1, 0.15) is 6.61 Å². The van der Waals surface area contributed by atoms with Gasteiger partial charge < -0.3 is 24.3 Å². The van der Waals surface area contributed by atoms with Gasteiger partial charge in [0.25, 0.3) is 5.91 Å². The summed E-state index contributed by atoms with van der Waals surface area (Å²) in [6.45, 7) is 3.90. The first-order valence-electron chi connectivity index (χ1n) is 10.2. The van der Waals surface area contributed by atoms with E-state index >= 15 is 0 Å².